The average molecular weight is 218 g/mol. The fourth-order valence-electron chi connectivity index (χ4n) is 1.03. The van der Waals surface area contributed by atoms with E-state index >= 15 is 0 Å². The monoisotopic (exact) mass is 218 g/mol. The predicted molar refractivity (Wildman–Crippen MR) is 57.7 cm³/mol. The van der Waals surface area contributed by atoms with E-state index in [1.807, 2.05) is 0 Å². The summed E-state index contributed by atoms with van der Waals surface area (Å²) < 4.78 is 0. The third-order valence-corrected chi connectivity index (χ3v) is 1.83. The Bertz CT molecular complexity index is 465. The van der Waals surface area contributed by atoms with Gasteiger partial charge in [-0.3, -0.25) is 4.79 Å². The molecule has 0 aliphatic rings. The fraction of sp³-hybridized carbons (Fsp3) is 0.0909. The number of allylic oxidation sites excluding steroid dienone is 1. The van der Waals surface area contributed by atoms with E-state index < -0.39 is 5.91 Å². The van der Waals surface area contributed by atoms with Crippen LogP contribution in [0.4, 0.5) is 5.69 Å². The molecule has 0 spiro atoms. The van der Waals surface area contributed by atoms with Crippen molar-refractivity contribution in [2.24, 2.45) is 0 Å². The lowest BCUT2D eigenvalue weighted by Gasteiger charge is -2.04. The SMILES string of the molecule is C/C(O)=C(\C#N)C(=O)Nc1ccc(O)cc1. The minimum absolute atomic E-state index is 0.0763. The number of hydrogen-bond acceptors (Lipinski definition) is 4. The van der Waals surface area contributed by atoms with Crippen LogP contribution in [0.2, 0.25) is 0 Å². The number of nitrogens with one attached hydrogen (secondary N) is 1. The normalized spacial score (nSPS) is 11.2. The molecule has 1 rings (SSSR count). The van der Waals surface area contributed by atoms with E-state index in [1.165, 1.54) is 31.2 Å². The van der Waals surface area contributed by atoms with Crippen molar-refractivity contribution in [3.63, 3.8) is 0 Å². The average Bonchev–Trinajstić information content (AvgIpc) is 2.22. The van der Waals surface area contributed by atoms with Crippen LogP contribution in [0.3, 0.4) is 0 Å². The molecule has 0 saturated carbocycles. The molecule has 0 atom stereocenters. The van der Waals surface area contributed by atoms with Crippen LogP contribution in [0, 0.1) is 11.3 Å². The Balaban J connectivity index is 2.84. The number of amides is 1. The predicted octanol–water partition coefficient (Wildman–Crippen LogP) is 1.69. The number of phenols is 1. The van der Waals surface area contributed by atoms with Gasteiger partial charge in [0.2, 0.25) is 0 Å². The lowest BCUT2D eigenvalue weighted by atomic mass is 10.2. The van der Waals surface area contributed by atoms with Crippen LogP contribution in [0.5, 0.6) is 5.75 Å². The third-order valence-electron chi connectivity index (χ3n) is 1.83. The zero-order valence-corrected chi connectivity index (χ0v) is 8.56. The van der Waals surface area contributed by atoms with Crippen molar-refractivity contribution in [1.29, 1.82) is 5.26 Å². The second-order valence-electron chi connectivity index (χ2n) is 3.07. The van der Waals surface area contributed by atoms with Gasteiger partial charge < -0.3 is 15.5 Å². The maximum absolute atomic E-state index is 11.5. The van der Waals surface area contributed by atoms with Gasteiger partial charge >= 0.3 is 0 Å². The molecular weight excluding hydrogens is 208 g/mol. The maximum atomic E-state index is 11.5. The van der Waals surface area contributed by atoms with Crippen molar-refractivity contribution in [3.05, 3.63) is 35.6 Å². The number of hydrogen-bond donors (Lipinski definition) is 3. The number of aliphatic hydroxyl groups is 1. The summed E-state index contributed by atoms with van der Waals surface area (Å²) >= 11 is 0. The number of nitriles is 1. The number of carbonyl (C=O) groups excluding carboxylic acids is 1. The molecule has 0 aromatic heterocycles. The lowest BCUT2D eigenvalue weighted by molar-refractivity contribution is -0.112. The van der Waals surface area contributed by atoms with Gasteiger partial charge in [-0.25, -0.2) is 0 Å². The van der Waals surface area contributed by atoms with Gasteiger partial charge in [-0.05, 0) is 31.2 Å². The van der Waals surface area contributed by atoms with E-state index in [2.05, 4.69) is 5.32 Å². The molecule has 0 heterocycles. The molecule has 0 bridgehead atoms. The van der Waals surface area contributed by atoms with Gasteiger partial charge in [-0.2, -0.15) is 5.26 Å². The van der Waals surface area contributed by atoms with Crippen molar-refractivity contribution in [1.82, 2.24) is 0 Å². The first-order valence-electron chi connectivity index (χ1n) is 4.45. The van der Waals surface area contributed by atoms with Crippen molar-refractivity contribution < 1.29 is 15.0 Å². The highest BCUT2D eigenvalue weighted by molar-refractivity contribution is 6.06. The largest absolute Gasteiger partial charge is 0.511 e. The van der Waals surface area contributed by atoms with Crippen LogP contribution >= 0.6 is 0 Å². The molecule has 0 fully saturated rings. The standard InChI is InChI=1S/C11H10N2O3/c1-7(14)10(6-12)11(16)13-8-2-4-9(15)5-3-8/h2-5,14-15H,1H3,(H,13,16)/b10-7-. The molecule has 5 nitrogen and oxygen atoms in total. The Morgan fingerprint density at radius 2 is 1.94 bits per heavy atom. The number of aromatic hydroxyl groups is 1. The molecular formula is C11H10N2O3. The van der Waals surface area contributed by atoms with Gasteiger partial charge in [0.15, 0.2) is 5.57 Å². The third kappa shape index (κ3) is 2.75. The quantitative estimate of drug-likeness (QED) is 0.305. The summed E-state index contributed by atoms with van der Waals surface area (Å²) in [5.74, 6) is -0.945. The zero-order valence-electron chi connectivity index (χ0n) is 8.56. The van der Waals surface area contributed by atoms with Crippen LogP contribution in [0.15, 0.2) is 35.6 Å². The van der Waals surface area contributed by atoms with Crippen LogP contribution in [-0.4, -0.2) is 16.1 Å². The second kappa shape index (κ2) is 4.84. The Hall–Kier alpha value is -2.48. The van der Waals surface area contributed by atoms with Crippen molar-refractivity contribution in [2.45, 2.75) is 6.92 Å². The number of carbonyl (C=O) groups is 1. The lowest BCUT2D eigenvalue weighted by Crippen LogP contribution is -2.14. The molecule has 0 aliphatic carbocycles. The van der Waals surface area contributed by atoms with E-state index in [-0.39, 0.29) is 17.1 Å². The second-order valence-corrected chi connectivity index (χ2v) is 3.07. The van der Waals surface area contributed by atoms with Gasteiger partial charge in [-0.15, -0.1) is 0 Å². The molecule has 5 heteroatoms. The molecule has 16 heavy (non-hydrogen) atoms. The topological polar surface area (TPSA) is 93.3 Å². The summed E-state index contributed by atoms with van der Waals surface area (Å²) in [6, 6.07) is 7.36. The summed E-state index contributed by atoms with van der Waals surface area (Å²) in [4.78, 5) is 11.5. The molecule has 1 aromatic rings. The molecule has 1 aromatic carbocycles. The number of anilines is 1. The number of benzene rings is 1. The molecule has 0 radical (unpaired) electrons. The first-order chi connectivity index (χ1) is 7.54. The van der Waals surface area contributed by atoms with Gasteiger partial charge in [0.25, 0.3) is 5.91 Å². The molecule has 82 valence electrons. The Morgan fingerprint density at radius 3 is 2.38 bits per heavy atom. The Morgan fingerprint density at radius 1 is 1.38 bits per heavy atom. The maximum Gasteiger partial charge on any atom is 0.269 e. The highest BCUT2D eigenvalue weighted by Crippen LogP contribution is 2.14. The fourth-order valence-corrected chi connectivity index (χ4v) is 1.03. The molecule has 0 saturated heterocycles. The van der Waals surface area contributed by atoms with E-state index in [4.69, 9.17) is 15.5 Å². The Labute approximate surface area is 92.3 Å². The summed E-state index contributed by atoms with van der Waals surface area (Å²) in [6.07, 6.45) is 0. The van der Waals surface area contributed by atoms with E-state index in [1.54, 1.807) is 6.07 Å². The minimum atomic E-state index is -0.687. The van der Waals surface area contributed by atoms with Crippen LogP contribution in [0.25, 0.3) is 0 Å². The van der Waals surface area contributed by atoms with Gasteiger partial charge in [0, 0.05) is 5.69 Å². The summed E-state index contributed by atoms with van der Waals surface area (Å²) in [5.41, 5.74) is 0.0878. The van der Waals surface area contributed by atoms with E-state index in [9.17, 15) is 4.79 Å². The Kier molecular flexibility index (Phi) is 3.51. The van der Waals surface area contributed by atoms with Crippen LogP contribution in [-0.2, 0) is 4.79 Å². The smallest absolute Gasteiger partial charge is 0.269 e. The highest BCUT2D eigenvalue weighted by Gasteiger charge is 2.12. The van der Waals surface area contributed by atoms with Gasteiger partial charge in [-0.1, -0.05) is 0 Å². The van der Waals surface area contributed by atoms with Gasteiger partial charge in [0.05, 0.1) is 0 Å². The first kappa shape index (κ1) is 11.6. The van der Waals surface area contributed by atoms with Gasteiger partial charge in [0.1, 0.15) is 17.6 Å². The summed E-state index contributed by atoms with van der Waals surface area (Å²) in [6.45, 7) is 1.26. The van der Waals surface area contributed by atoms with Crippen molar-refractivity contribution in [2.75, 3.05) is 5.32 Å². The zero-order chi connectivity index (χ0) is 12.1. The van der Waals surface area contributed by atoms with E-state index in [0.717, 1.165) is 0 Å². The molecule has 1 amide bonds. The van der Waals surface area contributed by atoms with E-state index in [0.29, 0.717) is 5.69 Å². The number of nitrogens with zero attached hydrogens (tertiary/aromatic N) is 1. The van der Waals surface area contributed by atoms with Crippen LogP contribution < -0.4 is 5.32 Å². The number of phenolic OH excluding ortho intramolecular Hbond substituents is 1. The van der Waals surface area contributed by atoms with Crippen molar-refractivity contribution in [3.8, 4) is 11.8 Å². The van der Waals surface area contributed by atoms with Crippen LogP contribution in [0.1, 0.15) is 6.92 Å². The number of rotatable bonds is 2. The number of aliphatic hydroxyl groups excluding tert-OH is 1. The highest BCUT2D eigenvalue weighted by atomic mass is 16.3. The molecule has 0 unspecified atom stereocenters. The molecule has 0 aliphatic heterocycles. The molecule has 3 N–H and O–H groups in total. The first-order valence-corrected chi connectivity index (χ1v) is 4.45. The summed E-state index contributed by atoms with van der Waals surface area (Å²) in [7, 11) is 0. The van der Waals surface area contributed by atoms with Crippen molar-refractivity contribution >= 4 is 11.6 Å². The minimum Gasteiger partial charge on any atom is -0.511 e. The summed E-state index contributed by atoms with van der Waals surface area (Å²) in [5, 5.41) is 29.1.